The number of ether oxygens (including phenoxy) is 2. The van der Waals surface area contributed by atoms with Gasteiger partial charge in [-0.1, -0.05) is 18.2 Å². The second-order valence-electron chi connectivity index (χ2n) is 11.0. The van der Waals surface area contributed by atoms with E-state index in [1.807, 2.05) is 0 Å². The van der Waals surface area contributed by atoms with Gasteiger partial charge in [-0.15, -0.1) is 0 Å². The second-order valence-corrected chi connectivity index (χ2v) is 12.6. The molecule has 0 saturated carbocycles. The molecule has 0 spiro atoms. The Balaban J connectivity index is 1.31. The number of benzene rings is 4. The van der Waals surface area contributed by atoms with E-state index in [-0.39, 0.29) is 22.7 Å². The first-order valence-electron chi connectivity index (χ1n) is 14.6. The molecule has 2 aliphatic heterocycles. The van der Waals surface area contributed by atoms with Crippen LogP contribution in [0.15, 0.2) is 83.8 Å². The van der Waals surface area contributed by atoms with E-state index in [0.717, 1.165) is 38.1 Å². The molecule has 1 amide bonds. The molecule has 0 aromatic heterocycles. The van der Waals surface area contributed by atoms with Gasteiger partial charge in [0.2, 0.25) is 10.0 Å². The van der Waals surface area contributed by atoms with Crippen LogP contribution in [0.5, 0.6) is 11.5 Å². The quantitative estimate of drug-likeness (QED) is 0.210. The number of hydrogen-bond donors (Lipinski definition) is 4. The van der Waals surface area contributed by atoms with Crippen molar-refractivity contribution in [1.29, 1.82) is 0 Å². The Labute approximate surface area is 259 Å². The Morgan fingerprint density at radius 2 is 1.36 bits per heavy atom. The molecule has 0 unspecified atom stereocenters. The van der Waals surface area contributed by atoms with Crippen molar-refractivity contribution in [2.24, 2.45) is 5.14 Å². The van der Waals surface area contributed by atoms with Crippen LogP contribution in [0.3, 0.4) is 0 Å². The number of hydrogen-bond acceptors (Lipinski definition) is 7. The summed E-state index contributed by atoms with van der Waals surface area (Å²) in [6, 6.07) is 19.8. The van der Waals surface area contributed by atoms with Gasteiger partial charge >= 0.3 is 0 Å². The van der Waals surface area contributed by atoms with Crippen LogP contribution in [0.25, 0.3) is 22.3 Å². The first-order chi connectivity index (χ1) is 21.6. The number of nitrogens with one attached hydrogen (secondary N) is 3. The molecule has 234 valence electrons. The largest absolute Gasteiger partial charge is 0.488 e. The highest BCUT2D eigenvalue weighted by Crippen LogP contribution is 2.36. The molecule has 4 aromatic carbocycles. The maximum Gasteiger partial charge on any atom is 0.255 e. The zero-order valence-electron chi connectivity index (χ0n) is 24.2. The number of carbonyl (C=O) groups is 1. The lowest BCUT2D eigenvalue weighted by Crippen LogP contribution is -2.20. The molecule has 0 radical (unpaired) electrons. The molecule has 2 saturated heterocycles. The Morgan fingerprint density at radius 1 is 0.756 bits per heavy atom. The van der Waals surface area contributed by atoms with E-state index in [0.29, 0.717) is 52.5 Å². The summed E-state index contributed by atoms with van der Waals surface area (Å²) in [7, 11) is -3.87. The van der Waals surface area contributed by atoms with Crippen molar-refractivity contribution in [2.75, 3.05) is 31.5 Å². The first kappa shape index (κ1) is 30.7. The lowest BCUT2D eigenvalue weighted by molar-refractivity contribution is 0.102. The van der Waals surface area contributed by atoms with Crippen LogP contribution < -0.4 is 30.6 Å². The Hall–Kier alpha value is -4.36. The minimum Gasteiger partial charge on any atom is -0.488 e. The fourth-order valence-electron chi connectivity index (χ4n) is 5.44. The molecule has 2 fully saturated rings. The highest BCUT2D eigenvalue weighted by Gasteiger charge is 2.22. The van der Waals surface area contributed by atoms with Crippen LogP contribution in [-0.2, 0) is 10.0 Å². The third-order valence-electron chi connectivity index (χ3n) is 7.82. The zero-order chi connectivity index (χ0) is 31.6. The SMILES string of the molecule is NS(=O)(=O)c1ccc(-c2cc(NC(=O)c3ccc(O[C@H]4CCNC4)c(-c4ccc(F)c(F)c4)c3)ccc2O[C@H]2CCNC2)cc1. The van der Waals surface area contributed by atoms with Gasteiger partial charge in [0.15, 0.2) is 11.6 Å². The number of carbonyl (C=O) groups excluding carboxylic acids is 1. The highest BCUT2D eigenvalue weighted by molar-refractivity contribution is 7.89. The van der Waals surface area contributed by atoms with Crippen LogP contribution in [0.4, 0.5) is 14.5 Å². The van der Waals surface area contributed by atoms with Crippen molar-refractivity contribution in [3.05, 3.63) is 96.1 Å². The van der Waals surface area contributed by atoms with E-state index in [1.54, 1.807) is 48.5 Å². The lowest BCUT2D eigenvalue weighted by Gasteiger charge is -2.19. The third-order valence-corrected chi connectivity index (χ3v) is 8.75. The highest BCUT2D eigenvalue weighted by atomic mass is 32.2. The van der Waals surface area contributed by atoms with E-state index in [2.05, 4.69) is 16.0 Å². The summed E-state index contributed by atoms with van der Waals surface area (Å²) < 4.78 is 64.0. The molecule has 2 heterocycles. The van der Waals surface area contributed by atoms with Gasteiger partial charge in [-0.05, 0) is 97.7 Å². The second kappa shape index (κ2) is 12.9. The first-order valence-corrected chi connectivity index (χ1v) is 16.1. The standard InChI is InChI=1S/C33H32F2N4O5S/c34-29-8-3-21(16-30(29)35)27-15-22(4-9-31(27)43-24-11-13-37-18-24)33(40)39-23-5-10-32(44-25-12-14-38-19-25)28(17-23)20-1-6-26(7-2-20)45(36,41)42/h1-10,15-17,24-25,37-38H,11-14,18-19H2,(H,39,40)(H2,36,41,42)/t24-,25-/m0/s1. The van der Waals surface area contributed by atoms with Gasteiger partial charge < -0.3 is 25.4 Å². The molecule has 4 aromatic rings. The Bertz CT molecular complexity index is 1820. The van der Waals surface area contributed by atoms with Crippen molar-refractivity contribution < 1.29 is 31.5 Å². The lowest BCUT2D eigenvalue weighted by atomic mass is 10.0. The van der Waals surface area contributed by atoms with Gasteiger partial charge in [0.25, 0.3) is 5.91 Å². The van der Waals surface area contributed by atoms with Crippen molar-refractivity contribution >= 4 is 21.6 Å². The van der Waals surface area contributed by atoms with Crippen LogP contribution >= 0.6 is 0 Å². The number of sulfonamides is 1. The molecule has 6 rings (SSSR count). The van der Waals surface area contributed by atoms with Gasteiger partial charge in [-0.2, -0.15) is 0 Å². The normalized spacial score (nSPS) is 18.1. The summed E-state index contributed by atoms with van der Waals surface area (Å²) in [4.78, 5) is 13.5. The van der Waals surface area contributed by atoms with Crippen LogP contribution in [0.1, 0.15) is 23.2 Å². The number of rotatable bonds is 9. The Morgan fingerprint density at radius 3 is 1.93 bits per heavy atom. The average molecular weight is 635 g/mol. The fourth-order valence-corrected chi connectivity index (χ4v) is 5.96. The van der Waals surface area contributed by atoms with Gasteiger partial charge in [0, 0.05) is 35.5 Å². The van der Waals surface area contributed by atoms with Gasteiger partial charge in [-0.25, -0.2) is 22.3 Å². The molecule has 0 aliphatic carbocycles. The van der Waals surface area contributed by atoms with E-state index < -0.39 is 27.6 Å². The van der Waals surface area contributed by atoms with Crippen molar-refractivity contribution in [3.63, 3.8) is 0 Å². The summed E-state index contributed by atoms with van der Waals surface area (Å²) in [6.07, 6.45) is 1.50. The molecule has 2 atom stereocenters. The average Bonchev–Trinajstić information content (AvgIpc) is 3.74. The molecule has 45 heavy (non-hydrogen) atoms. The van der Waals surface area contributed by atoms with E-state index in [9.17, 15) is 22.0 Å². The molecular weight excluding hydrogens is 602 g/mol. The minimum absolute atomic E-state index is 0.0216. The molecule has 5 N–H and O–H groups in total. The van der Waals surface area contributed by atoms with E-state index >= 15 is 0 Å². The maximum absolute atomic E-state index is 14.2. The molecule has 2 aliphatic rings. The monoisotopic (exact) mass is 634 g/mol. The van der Waals surface area contributed by atoms with Crippen LogP contribution in [0, 0.1) is 11.6 Å². The number of halogens is 2. The van der Waals surface area contributed by atoms with Crippen LogP contribution in [0.2, 0.25) is 0 Å². The molecular formula is C33H32F2N4O5S. The molecule has 0 bridgehead atoms. The van der Waals surface area contributed by atoms with Crippen molar-refractivity contribution in [1.82, 2.24) is 10.6 Å². The van der Waals surface area contributed by atoms with Crippen molar-refractivity contribution in [2.45, 2.75) is 29.9 Å². The fraction of sp³-hybridized carbons (Fsp3) is 0.242. The minimum atomic E-state index is -3.87. The number of nitrogens with two attached hydrogens (primary N) is 1. The van der Waals surface area contributed by atoms with Crippen molar-refractivity contribution in [3.8, 4) is 33.8 Å². The summed E-state index contributed by atoms with van der Waals surface area (Å²) in [5, 5.41) is 14.7. The predicted octanol–water partition coefficient (Wildman–Crippen LogP) is 4.68. The molecule has 12 heteroatoms. The van der Waals surface area contributed by atoms with Gasteiger partial charge in [0.05, 0.1) is 4.90 Å². The summed E-state index contributed by atoms with van der Waals surface area (Å²) in [5.41, 5.74) is 2.90. The zero-order valence-corrected chi connectivity index (χ0v) is 25.0. The van der Waals surface area contributed by atoms with Gasteiger partial charge in [0.1, 0.15) is 23.7 Å². The third kappa shape index (κ3) is 7.15. The number of anilines is 1. The summed E-state index contributed by atoms with van der Waals surface area (Å²) in [6.45, 7) is 3.00. The van der Waals surface area contributed by atoms with E-state index in [1.165, 1.54) is 18.2 Å². The topological polar surface area (TPSA) is 132 Å². The summed E-state index contributed by atoms with van der Waals surface area (Å²) >= 11 is 0. The van der Waals surface area contributed by atoms with Gasteiger partial charge in [-0.3, -0.25) is 4.79 Å². The molecule has 9 nitrogen and oxygen atoms in total. The number of primary sulfonamides is 1. The maximum atomic E-state index is 14.2. The Kier molecular flexibility index (Phi) is 8.81. The van der Waals surface area contributed by atoms with E-state index in [4.69, 9.17) is 14.6 Å². The smallest absolute Gasteiger partial charge is 0.255 e. The van der Waals surface area contributed by atoms with Crippen LogP contribution in [-0.4, -0.2) is 52.7 Å². The summed E-state index contributed by atoms with van der Waals surface area (Å²) in [5.74, 6) is -1.37. The predicted molar refractivity (Wildman–Crippen MR) is 167 cm³/mol. The number of amides is 1.